The Bertz CT molecular complexity index is 249. The largest absolute Gasteiger partial charge is 0.342 e. The van der Waals surface area contributed by atoms with Gasteiger partial charge in [-0.25, -0.2) is 0 Å². The molecule has 1 fully saturated rings. The highest BCUT2D eigenvalue weighted by Crippen LogP contribution is 2.11. The van der Waals surface area contributed by atoms with Crippen molar-refractivity contribution in [1.82, 2.24) is 15.1 Å². The fourth-order valence-electron chi connectivity index (χ4n) is 2.34. The fourth-order valence-corrected chi connectivity index (χ4v) is 2.34. The molecule has 0 bridgehead atoms. The van der Waals surface area contributed by atoms with Gasteiger partial charge in [0.1, 0.15) is 0 Å². The predicted molar refractivity (Wildman–Crippen MR) is 75.6 cm³/mol. The molecule has 1 aliphatic heterocycles. The first-order valence-corrected chi connectivity index (χ1v) is 7.23. The molecular weight excluding hydrogens is 226 g/mol. The van der Waals surface area contributed by atoms with Gasteiger partial charge in [-0.15, -0.1) is 0 Å². The number of carbonyl (C=O) groups is 1. The van der Waals surface area contributed by atoms with E-state index in [1.54, 1.807) is 0 Å². The third kappa shape index (κ3) is 4.94. The minimum absolute atomic E-state index is 0.232. The van der Waals surface area contributed by atoms with E-state index in [1.807, 2.05) is 11.9 Å². The summed E-state index contributed by atoms with van der Waals surface area (Å²) in [5.41, 5.74) is 0. The summed E-state index contributed by atoms with van der Waals surface area (Å²) < 4.78 is 0. The molecule has 4 heteroatoms. The Morgan fingerprint density at radius 3 is 2.67 bits per heavy atom. The number of hydrogen-bond donors (Lipinski definition) is 1. The van der Waals surface area contributed by atoms with Crippen LogP contribution in [0.2, 0.25) is 0 Å². The molecule has 0 aromatic carbocycles. The lowest BCUT2D eigenvalue weighted by molar-refractivity contribution is -0.132. The van der Waals surface area contributed by atoms with E-state index in [0.29, 0.717) is 12.5 Å². The van der Waals surface area contributed by atoms with Gasteiger partial charge in [-0.05, 0) is 52.2 Å². The van der Waals surface area contributed by atoms with Crippen LogP contribution in [-0.2, 0) is 4.79 Å². The van der Waals surface area contributed by atoms with Crippen LogP contribution in [0.25, 0.3) is 0 Å². The van der Waals surface area contributed by atoms with Gasteiger partial charge in [0.25, 0.3) is 0 Å². The van der Waals surface area contributed by atoms with Crippen molar-refractivity contribution in [3.05, 3.63) is 0 Å². The van der Waals surface area contributed by atoms with Gasteiger partial charge in [-0.1, -0.05) is 6.92 Å². The Morgan fingerprint density at radius 2 is 2.17 bits per heavy atom. The summed E-state index contributed by atoms with van der Waals surface area (Å²) in [5.74, 6) is 0.937. The van der Waals surface area contributed by atoms with Crippen LogP contribution in [0.5, 0.6) is 0 Å². The van der Waals surface area contributed by atoms with Crippen molar-refractivity contribution >= 4 is 5.91 Å². The third-order valence-electron chi connectivity index (χ3n) is 3.89. The highest BCUT2D eigenvalue weighted by molar-refractivity contribution is 5.78. The summed E-state index contributed by atoms with van der Waals surface area (Å²) in [6, 6.07) is 0.285. The van der Waals surface area contributed by atoms with E-state index in [4.69, 9.17) is 0 Å². The lowest BCUT2D eigenvalue weighted by Crippen LogP contribution is -2.44. The number of rotatable bonds is 6. The van der Waals surface area contributed by atoms with Gasteiger partial charge in [0.2, 0.25) is 5.91 Å². The van der Waals surface area contributed by atoms with E-state index in [-0.39, 0.29) is 11.9 Å². The maximum atomic E-state index is 12.1. The van der Waals surface area contributed by atoms with E-state index < -0.39 is 0 Å². The summed E-state index contributed by atoms with van der Waals surface area (Å²) in [4.78, 5) is 16.2. The van der Waals surface area contributed by atoms with E-state index >= 15 is 0 Å². The topological polar surface area (TPSA) is 35.6 Å². The van der Waals surface area contributed by atoms with Crippen LogP contribution in [0.15, 0.2) is 0 Å². The van der Waals surface area contributed by atoms with Gasteiger partial charge in [-0.2, -0.15) is 0 Å². The molecule has 0 aromatic rings. The number of carbonyl (C=O) groups excluding carboxylic acids is 1. The molecule has 0 aliphatic carbocycles. The molecule has 1 heterocycles. The van der Waals surface area contributed by atoms with Gasteiger partial charge in [0, 0.05) is 19.6 Å². The zero-order valence-electron chi connectivity index (χ0n) is 12.4. The Morgan fingerprint density at radius 1 is 1.44 bits per heavy atom. The first-order valence-electron chi connectivity index (χ1n) is 7.23. The standard InChI is InChI=1S/C14H29N3O/c1-5-17(10-13-7-6-8-15-9-13)11-14(18)16(4)12(2)3/h12-13,15H,5-11H2,1-4H3. The summed E-state index contributed by atoms with van der Waals surface area (Å²) in [5, 5.41) is 3.44. The third-order valence-corrected chi connectivity index (χ3v) is 3.89. The minimum Gasteiger partial charge on any atom is -0.342 e. The molecule has 1 amide bonds. The predicted octanol–water partition coefficient (Wildman–Crippen LogP) is 1.17. The Balaban J connectivity index is 2.38. The number of hydrogen-bond acceptors (Lipinski definition) is 3. The fraction of sp³-hybridized carbons (Fsp3) is 0.929. The molecule has 18 heavy (non-hydrogen) atoms. The maximum absolute atomic E-state index is 12.1. The summed E-state index contributed by atoms with van der Waals surface area (Å²) >= 11 is 0. The monoisotopic (exact) mass is 255 g/mol. The summed E-state index contributed by atoms with van der Waals surface area (Å²) in [6.07, 6.45) is 2.56. The molecule has 1 saturated heterocycles. The smallest absolute Gasteiger partial charge is 0.236 e. The maximum Gasteiger partial charge on any atom is 0.236 e. The van der Waals surface area contributed by atoms with Crippen molar-refractivity contribution in [3.8, 4) is 0 Å². The van der Waals surface area contributed by atoms with Gasteiger partial charge in [0.15, 0.2) is 0 Å². The van der Waals surface area contributed by atoms with Crippen molar-refractivity contribution in [2.75, 3.05) is 39.8 Å². The van der Waals surface area contributed by atoms with Crippen molar-refractivity contribution in [1.29, 1.82) is 0 Å². The second-order valence-corrected chi connectivity index (χ2v) is 5.64. The molecule has 0 radical (unpaired) electrons. The van der Waals surface area contributed by atoms with Crippen molar-refractivity contribution in [2.24, 2.45) is 5.92 Å². The van der Waals surface area contributed by atoms with Crippen LogP contribution in [0.4, 0.5) is 0 Å². The molecule has 1 aliphatic rings. The van der Waals surface area contributed by atoms with E-state index in [9.17, 15) is 4.79 Å². The molecule has 1 N–H and O–H groups in total. The molecule has 1 unspecified atom stereocenters. The van der Waals surface area contributed by atoms with Crippen molar-refractivity contribution in [3.63, 3.8) is 0 Å². The van der Waals surface area contributed by atoms with Crippen LogP contribution in [-0.4, -0.2) is 61.5 Å². The van der Waals surface area contributed by atoms with Crippen molar-refractivity contribution in [2.45, 2.75) is 39.7 Å². The zero-order valence-corrected chi connectivity index (χ0v) is 12.4. The molecule has 0 spiro atoms. The van der Waals surface area contributed by atoms with E-state index in [0.717, 1.165) is 26.2 Å². The average Bonchev–Trinajstić information content (AvgIpc) is 2.37. The zero-order chi connectivity index (χ0) is 13.5. The molecule has 0 saturated carbocycles. The first-order chi connectivity index (χ1) is 8.54. The van der Waals surface area contributed by atoms with Crippen LogP contribution >= 0.6 is 0 Å². The van der Waals surface area contributed by atoms with Gasteiger partial charge in [0.05, 0.1) is 6.54 Å². The van der Waals surface area contributed by atoms with Gasteiger partial charge < -0.3 is 10.2 Å². The molecule has 4 nitrogen and oxygen atoms in total. The van der Waals surface area contributed by atoms with Crippen LogP contribution in [0.3, 0.4) is 0 Å². The lowest BCUT2D eigenvalue weighted by Gasteiger charge is -2.31. The Hall–Kier alpha value is -0.610. The average molecular weight is 255 g/mol. The number of amides is 1. The Labute approximate surface area is 112 Å². The second kappa shape index (κ2) is 7.74. The molecule has 1 rings (SSSR count). The van der Waals surface area contributed by atoms with Gasteiger partial charge >= 0.3 is 0 Å². The first kappa shape index (κ1) is 15.4. The number of nitrogens with zero attached hydrogens (tertiary/aromatic N) is 2. The minimum atomic E-state index is 0.232. The van der Waals surface area contributed by atoms with Crippen LogP contribution in [0.1, 0.15) is 33.6 Å². The molecule has 1 atom stereocenters. The summed E-state index contributed by atoms with van der Waals surface area (Å²) in [7, 11) is 1.89. The van der Waals surface area contributed by atoms with E-state index in [1.165, 1.54) is 12.8 Å². The molecule has 106 valence electrons. The Kier molecular flexibility index (Phi) is 6.65. The number of nitrogens with one attached hydrogen (secondary N) is 1. The molecular formula is C14H29N3O. The van der Waals surface area contributed by atoms with Crippen molar-refractivity contribution < 1.29 is 4.79 Å². The normalized spacial score (nSPS) is 20.4. The van der Waals surface area contributed by atoms with Gasteiger partial charge in [-0.3, -0.25) is 9.69 Å². The van der Waals surface area contributed by atoms with E-state index in [2.05, 4.69) is 31.0 Å². The number of piperidine rings is 1. The summed E-state index contributed by atoms with van der Waals surface area (Å²) in [6.45, 7) is 11.1. The quantitative estimate of drug-likeness (QED) is 0.774. The lowest BCUT2D eigenvalue weighted by atomic mass is 9.99. The SMILES string of the molecule is CCN(CC(=O)N(C)C(C)C)CC1CCCNC1. The van der Waals surface area contributed by atoms with Crippen LogP contribution in [0, 0.1) is 5.92 Å². The van der Waals surface area contributed by atoms with Crippen LogP contribution < -0.4 is 5.32 Å². The number of likely N-dealkylation sites (N-methyl/N-ethyl adjacent to an activating group) is 2. The molecule has 0 aromatic heterocycles. The second-order valence-electron chi connectivity index (χ2n) is 5.64. The highest BCUT2D eigenvalue weighted by atomic mass is 16.2. The highest BCUT2D eigenvalue weighted by Gasteiger charge is 2.20.